The van der Waals surface area contributed by atoms with E-state index in [-0.39, 0.29) is 5.92 Å². The van der Waals surface area contributed by atoms with Crippen LogP contribution in [0.25, 0.3) is 0 Å². The predicted octanol–water partition coefficient (Wildman–Crippen LogP) is 2.39. The number of aromatic nitrogens is 2. The van der Waals surface area contributed by atoms with E-state index in [2.05, 4.69) is 25.9 Å². The fourth-order valence-corrected chi connectivity index (χ4v) is 1.62. The Morgan fingerprint density at radius 3 is 2.50 bits per heavy atom. The zero-order valence-corrected chi connectivity index (χ0v) is 10.9. The van der Waals surface area contributed by atoms with Gasteiger partial charge in [0.05, 0.1) is 5.69 Å². The predicted molar refractivity (Wildman–Crippen MR) is 65.3 cm³/mol. The second-order valence-corrected chi connectivity index (χ2v) is 4.78. The zero-order valence-electron chi connectivity index (χ0n) is 10.9. The molecule has 0 bridgehead atoms. The fraction of sp³-hybridized carbons (Fsp3) is 0.692. The summed E-state index contributed by atoms with van der Waals surface area (Å²) in [5.74, 6) is 0.840. The lowest BCUT2D eigenvalue weighted by Gasteiger charge is -2.13. The molecule has 0 radical (unpaired) electrons. The van der Waals surface area contributed by atoms with E-state index in [1.807, 2.05) is 24.7 Å². The van der Waals surface area contributed by atoms with Crippen molar-refractivity contribution in [3.8, 4) is 0 Å². The van der Waals surface area contributed by atoms with E-state index in [1.165, 1.54) is 0 Å². The van der Waals surface area contributed by atoms with Gasteiger partial charge >= 0.3 is 0 Å². The molecule has 0 aliphatic heterocycles. The molecular weight excluding hydrogens is 200 g/mol. The Balaban J connectivity index is 2.73. The maximum absolute atomic E-state index is 12.0. The average Bonchev–Trinajstić information content (AvgIpc) is 2.58. The first kappa shape index (κ1) is 12.9. The van der Waals surface area contributed by atoms with E-state index in [0.29, 0.717) is 18.1 Å². The van der Waals surface area contributed by atoms with E-state index >= 15 is 0 Å². The number of aryl methyl sites for hydroxylation is 2. The summed E-state index contributed by atoms with van der Waals surface area (Å²) in [4.78, 5) is 12.0. The number of carbonyl (C=O) groups excluding carboxylic acids is 1. The lowest BCUT2D eigenvalue weighted by Crippen LogP contribution is -2.20. The van der Waals surface area contributed by atoms with Gasteiger partial charge in [-0.25, -0.2) is 0 Å². The topological polar surface area (TPSA) is 34.9 Å². The van der Waals surface area contributed by atoms with Crippen LogP contribution in [0.2, 0.25) is 0 Å². The molecule has 1 heterocycles. The molecule has 1 atom stereocenters. The minimum Gasteiger partial charge on any atom is -0.299 e. The van der Waals surface area contributed by atoms with Crippen molar-refractivity contribution in [2.45, 2.75) is 40.5 Å². The van der Waals surface area contributed by atoms with Crippen LogP contribution >= 0.6 is 0 Å². The van der Waals surface area contributed by atoms with E-state index in [0.717, 1.165) is 17.8 Å². The number of Topliss-reactive ketones (excluding diaryl/α,β-unsaturated/α-hetero) is 1. The molecule has 3 heteroatoms. The van der Waals surface area contributed by atoms with Crippen molar-refractivity contribution in [3.05, 3.63) is 17.5 Å². The summed E-state index contributed by atoms with van der Waals surface area (Å²) >= 11 is 0. The Morgan fingerprint density at radius 2 is 2.06 bits per heavy atom. The van der Waals surface area contributed by atoms with E-state index in [1.54, 1.807) is 0 Å². The highest BCUT2D eigenvalue weighted by molar-refractivity contribution is 5.82. The minimum atomic E-state index is 0.125. The molecular formula is C13H22N2O. The van der Waals surface area contributed by atoms with Crippen LogP contribution in [0, 0.1) is 11.8 Å². The van der Waals surface area contributed by atoms with Gasteiger partial charge in [0.15, 0.2) is 0 Å². The first-order chi connectivity index (χ1) is 7.45. The standard InChI is InChI=1S/C13H22N2O/c1-6-11-7-12(15(5)14-11)8-13(16)10(4)9(2)3/h7,9-10H,6,8H2,1-5H3. The quantitative estimate of drug-likeness (QED) is 0.766. The fourth-order valence-electron chi connectivity index (χ4n) is 1.62. The van der Waals surface area contributed by atoms with Gasteiger partial charge in [-0.05, 0) is 18.4 Å². The monoisotopic (exact) mass is 222 g/mol. The Morgan fingerprint density at radius 1 is 1.44 bits per heavy atom. The summed E-state index contributed by atoms with van der Waals surface area (Å²) in [5, 5.41) is 4.35. The van der Waals surface area contributed by atoms with E-state index in [4.69, 9.17) is 0 Å². The van der Waals surface area contributed by atoms with Crippen LogP contribution in [0.5, 0.6) is 0 Å². The molecule has 0 saturated carbocycles. The van der Waals surface area contributed by atoms with E-state index < -0.39 is 0 Å². The van der Waals surface area contributed by atoms with Crippen LogP contribution in [0.1, 0.15) is 39.1 Å². The summed E-state index contributed by atoms with van der Waals surface area (Å²) < 4.78 is 1.82. The Labute approximate surface area is 97.8 Å². The van der Waals surface area contributed by atoms with Crippen molar-refractivity contribution in [2.24, 2.45) is 18.9 Å². The molecule has 1 unspecified atom stereocenters. The van der Waals surface area contributed by atoms with Crippen LogP contribution in [0.15, 0.2) is 6.07 Å². The molecule has 1 rings (SSSR count). The lowest BCUT2D eigenvalue weighted by molar-refractivity contribution is -0.123. The van der Waals surface area contributed by atoms with Gasteiger partial charge in [-0.15, -0.1) is 0 Å². The molecule has 1 aromatic heterocycles. The highest BCUT2D eigenvalue weighted by atomic mass is 16.1. The maximum atomic E-state index is 12.0. The number of nitrogens with zero attached hydrogens (tertiary/aromatic N) is 2. The number of hydrogen-bond acceptors (Lipinski definition) is 2. The molecule has 3 nitrogen and oxygen atoms in total. The van der Waals surface area contributed by atoms with Crippen molar-refractivity contribution in [2.75, 3.05) is 0 Å². The third-order valence-corrected chi connectivity index (χ3v) is 3.25. The van der Waals surface area contributed by atoms with Crippen molar-refractivity contribution >= 4 is 5.78 Å². The van der Waals surface area contributed by atoms with Gasteiger partial charge in [0.1, 0.15) is 5.78 Å². The molecule has 0 aliphatic carbocycles. The van der Waals surface area contributed by atoms with Gasteiger partial charge in [-0.1, -0.05) is 27.7 Å². The molecule has 0 fully saturated rings. The third-order valence-electron chi connectivity index (χ3n) is 3.25. The highest BCUT2D eigenvalue weighted by Gasteiger charge is 2.18. The van der Waals surface area contributed by atoms with Crippen LogP contribution < -0.4 is 0 Å². The molecule has 0 saturated heterocycles. The molecule has 90 valence electrons. The van der Waals surface area contributed by atoms with Gasteiger partial charge in [0.25, 0.3) is 0 Å². The molecule has 0 N–H and O–H groups in total. The number of carbonyl (C=O) groups is 1. The zero-order chi connectivity index (χ0) is 12.3. The van der Waals surface area contributed by atoms with Gasteiger partial charge in [0, 0.05) is 25.1 Å². The van der Waals surface area contributed by atoms with Gasteiger partial charge < -0.3 is 0 Å². The summed E-state index contributed by atoms with van der Waals surface area (Å²) in [5.41, 5.74) is 2.08. The van der Waals surface area contributed by atoms with Crippen LogP contribution in [-0.4, -0.2) is 15.6 Å². The SMILES string of the molecule is CCc1cc(CC(=O)C(C)C(C)C)n(C)n1. The minimum absolute atomic E-state index is 0.125. The average molecular weight is 222 g/mol. The van der Waals surface area contributed by atoms with E-state index in [9.17, 15) is 4.79 Å². The highest BCUT2D eigenvalue weighted by Crippen LogP contribution is 2.14. The van der Waals surface area contributed by atoms with Gasteiger partial charge in [0.2, 0.25) is 0 Å². The largest absolute Gasteiger partial charge is 0.299 e. The number of hydrogen-bond donors (Lipinski definition) is 0. The first-order valence-electron chi connectivity index (χ1n) is 6.00. The molecule has 0 aromatic carbocycles. The summed E-state index contributed by atoms with van der Waals surface area (Å²) in [6.45, 7) is 8.25. The molecule has 0 aliphatic rings. The van der Waals surface area contributed by atoms with Crippen LogP contribution in [0.4, 0.5) is 0 Å². The molecule has 16 heavy (non-hydrogen) atoms. The molecule has 1 aromatic rings. The lowest BCUT2D eigenvalue weighted by atomic mass is 9.91. The Kier molecular flexibility index (Phi) is 4.27. The number of rotatable bonds is 5. The number of ketones is 1. The van der Waals surface area contributed by atoms with Crippen molar-refractivity contribution < 1.29 is 4.79 Å². The summed E-state index contributed by atoms with van der Waals surface area (Å²) in [6.07, 6.45) is 1.42. The summed E-state index contributed by atoms with van der Waals surface area (Å²) in [6, 6.07) is 2.03. The molecule has 0 amide bonds. The second-order valence-electron chi connectivity index (χ2n) is 4.78. The van der Waals surface area contributed by atoms with Crippen molar-refractivity contribution in [1.29, 1.82) is 0 Å². The normalized spacial score (nSPS) is 13.1. The van der Waals surface area contributed by atoms with Crippen LogP contribution in [-0.2, 0) is 24.7 Å². The smallest absolute Gasteiger partial charge is 0.141 e. The maximum Gasteiger partial charge on any atom is 0.141 e. The Hall–Kier alpha value is -1.12. The van der Waals surface area contributed by atoms with Crippen LogP contribution in [0.3, 0.4) is 0 Å². The first-order valence-corrected chi connectivity index (χ1v) is 6.00. The van der Waals surface area contributed by atoms with Gasteiger partial charge in [-0.3, -0.25) is 9.48 Å². The summed E-state index contributed by atoms with van der Waals surface area (Å²) in [7, 11) is 1.90. The molecule has 0 spiro atoms. The van der Waals surface area contributed by atoms with Crippen molar-refractivity contribution in [1.82, 2.24) is 9.78 Å². The second kappa shape index (κ2) is 5.28. The van der Waals surface area contributed by atoms with Crippen molar-refractivity contribution in [3.63, 3.8) is 0 Å². The third kappa shape index (κ3) is 2.94. The van der Waals surface area contributed by atoms with Gasteiger partial charge in [-0.2, -0.15) is 5.10 Å². The Bertz CT molecular complexity index is 366.